The Morgan fingerprint density at radius 3 is 2.68 bits per heavy atom. The molecule has 2 heteroatoms. The number of aliphatic hydroxyl groups excluding tert-OH is 1. The fourth-order valence-electron chi connectivity index (χ4n) is 8.21. The van der Waals surface area contributed by atoms with E-state index in [0.717, 1.165) is 47.8 Å². The molecule has 0 aromatic heterocycles. The third-order valence-electron chi connectivity index (χ3n) is 9.82. The number of hydrogen-bond donors (Lipinski definition) is 1. The number of halogens is 1. The predicted molar refractivity (Wildman–Crippen MR) is 123 cm³/mol. The lowest BCUT2D eigenvalue weighted by atomic mass is 9.47. The van der Waals surface area contributed by atoms with Gasteiger partial charge in [-0.1, -0.05) is 67.6 Å². The van der Waals surface area contributed by atoms with Crippen LogP contribution < -0.4 is 0 Å². The minimum absolute atomic E-state index is 0.0921. The number of hydrogen-bond acceptors (Lipinski definition) is 1. The molecule has 0 saturated heterocycles. The summed E-state index contributed by atoms with van der Waals surface area (Å²) in [5.74, 6) is 4.54. The van der Waals surface area contributed by atoms with Crippen LogP contribution in [0.3, 0.4) is 0 Å². The molecule has 0 bridgehead atoms. The number of alkyl halides is 1. The Morgan fingerprint density at radius 1 is 1.11 bits per heavy atom. The van der Waals surface area contributed by atoms with Gasteiger partial charge in [-0.3, -0.25) is 0 Å². The van der Waals surface area contributed by atoms with Crippen molar-refractivity contribution in [2.45, 2.75) is 104 Å². The van der Waals surface area contributed by atoms with Crippen LogP contribution in [-0.2, 0) is 0 Å². The first kappa shape index (κ1) is 21.4. The van der Waals surface area contributed by atoms with Crippen molar-refractivity contribution >= 4 is 15.9 Å². The smallest absolute Gasteiger partial charge is 0.0577 e. The lowest BCUT2D eigenvalue weighted by Crippen LogP contribution is -2.52. The van der Waals surface area contributed by atoms with E-state index in [1.54, 1.807) is 5.57 Å². The van der Waals surface area contributed by atoms with E-state index in [9.17, 15) is 5.11 Å². The second-order valence-corrected chi connectivity index (χ2v) is 12.1. The molecule has 4 aliphatic rings. The van der Waals surface area contributed by atoms with Gasteiger partial charge in [-0.15, -0.1) is 0 Å². The van der Waals surface area contributed by atoms with Gasteiger partial charge < -0.3 is 5.11 Å². The van der Waals surface area contributed by atoms with Crippen LogP contribution in [0.5, 0.6) is 0 Å². The maximum absolute atomic E-state index is 10.3. The highest BCUT2D eigenvalue weighted by atomic mass is 79.9. The van der Waals surface area contributed by atoms with Crippen LogP contribution >= 0.6 is 15.9 Å². The summed E-state index contributed by atoms with van der Waals surface area (Å²) in [4.78, 5) is 0. The van der Waals surface area contributed by atoms with Crippen LogP contribution in [-0.4, -0.2) is 16.5 Å². The highest BCUT2D eigenvalue weighted by Crippen LogP contribution is 2.67. The van der Waals surface area contributed by atoms with E-state index in [-0.39, 0.29) is 6.10 Å². The molecule has 7 unspecified atom stereocenters. The van der Waals surface area contributed by atoms with Crippen molar-refractivity contribution in [3.8, 4) is 0 Å². The van der Waals surface area contributed by atoms with Crippen LogP contribution in [0.1, 0.15) is 97.8 Å². The molecule has 0 aromatic rings. The van der Waals surface area contributed by atoms with Gasteiger partial charge in [0.05, 0.1) is 6.10 Å². The largest absolute Gasteiger partial charge is 0.393 e. The van der Waals surface area contributed by atoms with Crippen molar-refractivity contribution in [2.24, 2.45) is 40.4 Å². The van der Waals surface area contributed by atoms with Gasteiger partial charge in [-0.25, -0.2) is 0 Å². The normalized spacial score (nSPS) is 45.4. The van der Waals surface area contributed by atoms with E-state index < -0.39 is 0 Å². The average Bonchev–Trinajstić information content (AvgIpc) is 3.01. The van der Waals surface area contributed by atoms with Gasteiger partial charge in [0, 0.05) is 10.7 Å². The first-order valence-corrected chi connectivity index (χ1v) is 13.5. The second-order valence-electron chi connectivity index (χ2n) is 11.5. The molecular formula is C26H43BrO. The van der Waals surface area contributed by atoms with Crippen molar-refractivity contribution in [3.05, 3.63) is 11.6 Å². The minimum Gasteiger partial charge on any atom is -0.393 e. The van der Waals surface area contributed by atoms with Gasteiger partial charge in [0.2, 0.25) is 0 Å². The molecule has 0 spiro atoms. The van der Waals surface area contributed by atoms with E-state index >= 15 is 0 Å². The number of allylic oxidation sites excluding steroid dienone is 1. The molecule has 1 nitrogen and oxygen atoms in total. The predicted octanol–water partition coefficient (Wildman–Crippen LogP) is 7.52. The van der Waals surface area contributed by atoms with Gasteiger partial charge >= 0.3 is 0 Å². The van der Waals surface area contributed by atoms with Crippen molar-refractivity contribution in [1.29, 1.82) is 0 Å². The Labute approximate surface area is 182 Å². The Morgan fingerprint density at radius 2 is 1.93 bits per heavy atom. The van der Waals surface area contributed by atoms with Gasteiger partial charge in [-0.05, 0) is 92.8 Å². The number of rotatable bonds is 6. The van der Waals surface area contributed by atoms with Crippen LogP contribution in [0.25, 0.3) is 0 Å². The Bertz CT molecular complexity index is 583. The van der Waals surface area contributed by atoms with E-state index in [4.69, 9.17) is 0 Å². The van der Waals surface area contributed by atoms with Gasteiger partial charge in [0.25, 0.3) is 0 Å². The van der Waals surface area contributed by atoms with Crippen LogP contribution in [0.4, 0.5) is 0 Å². The zero-order valence-corrected chi connectivity index (χ0v) is 20.1. The molecule has 4 rings (SSSR count). The molecular weight excluding hydrogens is 408 g/mol. The molecule has 3 fully saturated rings. The summed E-state index contributed by atoms with van der Waals surface area (Å²) in [6, 6.07) is 0. The van der Waals surface area contributed by atoms with Crippen LogP contribution in [0.15, 0.2) is 11.6 Å². The zero-order valence-electron chi connectivity index (χ0n) is 18.6. The fourth-order valence-corrected chi connectivity index (χ4v) is 9.27. The topological polar surface area (TPSA) is 20.2 Å². The van der Waals surface area contributed by atoms with Gasteiger partial charge in [0.15, 0.2) is 0 Å². The molecule has 0 aliphatic heterocycles. The Balaban J connectivity index is 1.48. The first-order valence-electron chi connectivity index (χ1n) is 12.3. The van der Waals surface area contributed by atoms with Crippen molar-refractivity contribution in [2.75, 3.05) is 5.33 Å². The lowest BCUT2D eigenvalue weighted by molar-refractivity contribution is -0.0487. The van der Waals surface area contributed by atoms with E-state index in [0.29, 0.717) is 10.8 Å². The molecule has 160 valence electrons. The Kier molecular flexibility index (Phi) is 6.40. The summed E-state index contributed by atoms with van der Waals surface area (Å²) in [7, 11) is 0. The minimum atomic E-state index is -0.0921. The number of aliphatic hydroxyl groups is 1. The Hall–Kier alpha value is 0.180. The molecule has 1 N–H and O–H groups in total. The highest BCUT2D eigenvalue weighted by Gasteiger charge is 2.59. The van der Waals surface area contributed by atoms with E-state index in [2.05, 4.69) is 42.8 Å². The SMILES string of the molecule is CC(C)CCCCC1CCC2C3CC=C4CC(O)CCC4(CBr)C3CCC12C. The van der Waals surface area contributed by atoms with E-state index in [1.807, 2.05) is 0 Å². The molecule has 7 atom stereocenters. The standard InChI is InChI=1S/C26H43BrO/c1-18(2)6-4-5-7-19-9-11-23-22-10-8-20-16-21(28)12-15-26(20,17-27)24(22)13-14-25(19,23)3/h8,18-19,21-24,28H,4-7,9-17H2,1-3H3. The lowest BCUT2D eigenvalue weighted by Gasteiger charge is -2.58. The molecule has 28 heavy (non-hydrogen) atoms. The first-order chi connectivity index (χ1) is 13.4. The van der Waals surface area contributed by atoms with Crippen molar-refractivity contribution in [1.82, 2.24) is 0 Å². The molecule has 4 aliphatic carbocycles. The summed E-state index contributed by atoms with van der Waals surface area (Å²) < 4.78 is 0. The maximum atomic E-state index is 10.3. The number of fused-ring (bicyclic) bond motifs is 5. The second kappa shape index (κ2) is 8.37. The van der Waals surface area contributed by atoms with Crippen LogP contribution in [0, 0.1) is 40.4 Å². The molecule has 0 amide bonds. The summed E-state index contributed by atoms with van der Waals surface area (Å²) in [6.45, 7) is 7.41. The highest BCUT2D eigenvalue weighted by molar-refractivity contribution is 9.09. The fraction of sp³-hybridized carbons (Fsp3) is 0.923. The molecule has 0 aromatic carbocycles. The molecule has 0 heterocycles. The summed E-state index contributed by atoms with van der Waals surface area (Å²) >= 11 is 3.95. The van der Waals surface area contributed by atoms with Crippen LogP contribution in [0.2, 0.25) is 0 Å². The average molecular weight is 452 g/mol. The monoisotopic (exact) mass is 450 g/mol. The molecule has 0 radical (unpaired) electrons. The zero-order chi connectivity index (χ0) is 19.9. The van der Waals surface area contributed by atoms with Gasteiger partial charge in [0.1, 0.15) is 0 Å². The molecule has 3 saturated carbocycles. The van der Waals surface area contributed by atoms with Crippen molar-refractivity contribution < 1.29 is 5.11 Å². The third-order valence-corrected chi connectivity index (χ3v) is 10.8. The third kappa shape index (κ3) is 3.57. The number of unbranched alkanes of at least 4 members (excludes halogenated alkanes) is 1. The van der Waals surface area contributed by atoms with Crippen molar-refractivity contribution in [3.63, 3.8) is 0 Å². The summed E-state index contributed by atoms with van der Waals surface area (Å²) in [6.07, 6.45) is 18.6. The van der Waals surface area contributed by atoms with Gasteiger partial charge in [-0.2, -0.15) is 0 Å². The summed E-state index contributed by atoms with van der Waals surface area (Å²) in [5, 5.41) is 11.4. The van der Waals surface area contributed by atoms with E-state index in [1.165, 1.54) is 64.2 Å². The maximum Gasteiger partial charge on any atom is 0.0577 e. The summed E-state index contributed by atoms with van der Waals surface area (Å²) in [5.41, 5.74) is 2.57. The quantitative estimate of drug-likeness (QED) is 0.252.